The SMILES string of the molecule is COc1ccc(/C(O)=C2\C(=O)C(=O)N(c3ccc(F)cc3F)C2c2ccncc2)cc1Cl. The maximum Gasteiger partial charge on any atom is 0.300 e. The number of ether oxygens (including phenoxy) is 1. The summed E-state index contributed by atoms with van der Waals surface area (Å²) < 4.78 is 33.2. The third kappa shape index (κ3) is 3.58. The number of hydrogen-bond donors (Lipinski definition) is 1. The molecule has 1 fully saturated rings. The number of pyridine rings is 1. The zero-order valence-corrected chi connectivity index (χ0v) is 17.3. The topological polar surface area (TPSA) is 79.7 Å². The summed E-state index contributed by atoms with van der Waals surface area (Å²) >= 11 is 6.14. The van der Waals surface area contributed by atoms with Gasteiger partial charge in [0, 0.05) is 24.0 Å². The summed E-state index contributed by atoms with van der Waals surface area (Å²) in [5, 5.41) is 11.2. The van der Waals surface area contributed by atoms with Crippen molar-refractivity contribution in [3.8, 4) is 5.75 Å². The molecule has 6 nitrogen and oxygen atoms in total. The molecular formula is C23H15ClF2N2O4. The van der Waals surface area contributed by atoms with Crippen molar-refractivity contribution < 1.29 is 28.2 Å². The number of carbonyl (C=O) groups is 2. The van der Waals surface area contributed by atoms with Crippen LogP contribution in [-0.4, -0.2) is 28.9 Å². The van der Waals surface area contributed by atoms with Gasteiger partial charge in [-0.1, -0.05) is 11.6 Å². The van der Waals surface area contributed by atoms with E-state index in [1.54, 1.807) is 0 Å². The first-order chi connectivity index (χ1) is 15.3. The van der Waals surface area contributed by atoms with Gasteiger partial charge in [0.15, 0.2) is 0 Å². The quantitative estimate of drug-likeness (QED) is 0.351. The van der Waals surface area contributed by atoms with Crippen molar-refractivity contribution in [3.05, 3.63) is 94.3 Å². The number of ketones is 1. The van der Waals surface area contributed by atoms with Gasteiger partial charge in [-0.2, -0.15) is 0 Å². The second kappa shape index (κ2) is 8.39. The summed E-state index contributed by atoms with van der Waals surface area (Å²) in [6.07, 6.45) is 2.86. The Labute approximate surface area is 186 Å². The van der Waals surface area contributed by atoms with Gasteiger partial charge in [0.1, 0.15) is 23.1 Å². The molecule has 1 N–H and O–H groups in total. The number of aliphatic hydroxyl groups is 1. The van der Waals surface area contributed by atoms with Crippen LogP contribution in [-0.2, 0) is 9.59 Å². The summed E-state index contributed by atoms with van der Waals surface area (Å²) in [7, 11) is 1.42. The van der Waals surface area contributed by atoms with Gasteiger partial charge in [0.25, 0.3) is 11.7 Å². The normalized spacial score (nSPS) is 17.6. The van der Waals surface area contributed by atoms with E-state index in [9.17, 15) is 23.5 Å². The average molecular weight is 457 g/mol. The van der Waals surface area contributed by atoms with Crippen molar-refractivity contribution in [2.45, 2.75) is 6.04 Å². The number of halogens is 3. The summed E-state index contributed by atoms with van der Waals surface area (Å²) in [5.74, 6) is -4.12. The van der Waals surface area contributed by atoms with Crippen LogP contribution in [0.5, 0.6) is 5.75 Å². The molecule has 0 aliphatic carbocycles. The van der Waals surface area contributed by atoms with Crippen molar-refractivity contribution in [2.75, 3.05) is 12.0 Å². The number of Topliss-reactive ketones (excluding diaryl/α,β-unsaturated/α-hetero) is 1. The van der Waals surface area contributed by atoms with Crippen LogP contribution in [0.4, 0.5) is 14.5 Å². The molecule has 1 unspecified atom stereocenters. The highest BCUT2D eigenvalue weighted by molar-refractivity contribution is 6.51. The maximum absolute atomic E-state index is 14.6. The van der Waals surface area contributed by atoms with Gasteiger partial charge >= 0.3 is 0 Å². The van der Waals surface area contributed by atoms with E-state index in [0.29, 0.717) is 17.4 Å². The Kier molecular flexibility index (Phi) is 5.63. The Hall–Kier alpha value is -3.78. The molecule has 1 aliphatic rings. The van der Waals surface area contributed by atoms with Gasteiger partial charge in [-0.25, -0.2) is 8.78 Å². The highest BCUT2D eigenvalue weighted by Gasteiger charge is 2.47. The Bertz CT molecular complexity index is 1260. The second-order valence-corrected chi connectivity index (χ2v) is 7.30. The summed E-state index contributed by atoms with van der Waals surface area (Å²) in [6.45, 7) is 0. The van der Waals surface area contributed by atoms with E-state index in [0.717, 1.165) is 17.0 Å². The second-order valence-electron chi connectivity index (χ2n) is 6.89. The summed E-state index contributed by atoms with van der Waals surface area (Å²) in [4.78, 5) is 30.8. The Morgan fingerprint density at radius 2 is 1.81 bits per heavy atom. The van der Waals surface area contributed by atoms with E-state index in [2.05, 4.69) is 4.98 Å². The van der Waals surface area contributed by atoms with Crippen LogP contribution in [0.1, 0.15) is 17.2 Å². The third-order valence-electron chi connectivity index (χ3n) is 5.06. The zero-order chi connectivity index (χ0) is 23.0. The van der Waals surface area contributed by atoms with E-state index in [1.165, 1.54) is 49.8 Å². The number of nitrogens with zero attached hydrogens (tertiary/aromatic N) is 2. The fraction of sp³-hybridized carbons (Fsp3) is 0.0870. The number of aromatic nitrogens is 1. The fourth-order valence-corrected chi connectivity index (χ4v) is 3.85. The van der Waals surface area contributed by atoms with Crippen LogP contribution in [0.25, 0.3) is 5.76 Å². The molecule has 0 saturated carbocycles. The number of amides is 1. The fourth-order valence-electron chi connectivity index (χ4n) is 3.59. The van der Waals surface area contributed by atoms with Gasteiger partial charge in [-0.3, -0.25) is 19.5 Å². The number of methoxy groups -OCH3 is 1. The molecule has 0 bridgehead atoms. The van der Waals surface area contributed by atoms with Crippen LogP contribution in [0.3, 0.4) is 0 Å². The van der Waals surface area contributed by atoms with Crippen molar-refractivity contribution in [1.29, 1.82) is 0 Å². The minimum absolute atomic E-state index is 0.160. The standard InChI is InChI=1S/C23H15ClF2N2O4/c1-32-18-5-2-13(10-15(18)24)21(29)19-20(12-6-8-27-9-7-12)28(23(31)22(19)30)17-4-3-14(25)11-16(17)26/h2-11,20,29H,1H3/b21-19+. The van der Waals surface area contributed by atoms with Crippen LogP contribution in [0.2, 0.25) is 5.02 Å². The molecule has 2 heterocycles. The lowest BCUT2D eigenvalue weighted by Crippen LogP contribution is -2.30. The summed E-state index contributed by atoms with van der Waals surface area (Å²) in [5.41, 5.74) is -0.0233. The predicted octanol–water partition coefficient (Wildman–Crippen LogP) is 4.65. The van der Waals surface area contributed by atoms with Gasteiger partial charge in [-0.05, 0) is 48.0 Å². The van der Waals surface area contributed by atoms with Crippen molar-refractivity contribution in [2.24, 2.45) is 0 Å². The molecule has 1 saturated heterocycles. The molecule has 32 heavy (non-hydrogen) atoms. The van der Waals surface area contributed by atoms with Crippen molar-refractivity contribution >= 4 is 34.7 Å². The predicted molar refractivity (Wildman–Crippen MR) is 113 cm³/mol. The Morgan fingerprint density at radius 3 is 2.44 bits per heavy atom. The number of aliphatic hydroxyl groups excluding tert-OH is 1. The molecule has 4 rings (SSSR count). The van der Waals surface area contributed by atoms with Crippen LogP contribution in [0, 0.1) is 11.6 Å². The van der Waals surface area contributed by atoms with E-state index < -0.39 is 35.1 Å². The minimum Gasteiger partial charge on any atom is -0.507 e. The van der Waals surface area contributed by atoms with Crippen molar-refractivity contribution in [1.82, 2.24) is 4.98 Å². The first-order valence-corrected chi connectivity index (χ1v) is 9.71. The first kappa shape index (κ1) is 21.5. The molecule has 1 atom stereocenters. The highest BCUT2D eigenvalue weighted by atomic mass is 35.5. The lowest BCUT2D eigenvalue weighted by molar-refractivity contribution is -0.132. The third-order valence-corrected chi connectivity index (χ3v) is 5.36. The molecule has 162 valence electrons. The number of benzene rings is 2. The van der Waals surface area contributed by atoms with Gasteiger partial charge in [-0.15, -0.1) is 0 Å². The van der Waals surface area contributed by atoms with Gasteiger partial charge in [0.2, 0.25) is 0 Å². The number of rotatable bonds is 4. The maximum atomic E-state index is 14.6. The average Bonchev–Trinajstić information content (AvgIpc) is 3.04. The lowest BCUT2D eigenvalue weighted by Gasteiger charge is -2.25. The lowest BCUT2D eigenvalue weighted by atomic mass is 9.95. The number of anilines is 1. The van der Waals surface area contributed by atoms with Gasteiger partial charge < -0.3 is 9.84 Å². The molecule has 1 amide bonds. The van der Waals surface area contributed by atoms with Crippen molar-refractivity contribution in [3.63, 3.8) is 0 Å². The van der Waals surface area contributed by atoms with Crippen LogP contribution in [0.15, 0.2) is 66.5 Å². The molecular weight excluding hydrogens is 442 g/mol. The number of hydrogen-bond acceptors (Lipinski definition) is 5. The Morgan fingerprint density at radius 1 is 1.09 bits per heavy atom. The molecule has 0 spiro atoms. The Balaban J connectivity index is 1.95. The molecule has 1 aromatic heterocycles. The monoisotopic (exact) mass is 456 g/mol. The molecule has 1 aliphatic heterocycles. The first-order valence-electron chi connectivity index (χ1n) is 9.33. The van der Waals surface area contributed by atoms with Crippen LogP contribution < -0.4 is 9.64 Å². The van der Waals surface area contributed by atoms with E-state index >= 15 is 0 Å². The minimum atomic E-state index is -1.18. The van der Waals surface area contributed by atoms with Gasteiger partial charge in [0.05, 0.1) is 29.4 Å². The molecule has 9 heteroatoms. The summed E-state index contributed by atoms with van der Waals surface area (Å²) in [6, 6.07) is 8.87. The van der Waals surface area contributed by atoms with Crippen LogP contribution >= 0.6 is 11.6 Å². The molecule has 0 radical (unpaired) electrons. The van der Waals surface area contributed by atoms with E-state index in [-0.39, 0.29) is 21.8 Å². The van der Waals surface area contributed by atoms with E-state index in [4.69, 9.17) is 16.3 Å². The zero-order valence-electron chi connectivity index (χ0n) is 16.6. The smallest absolute Gasteiger partial charge is 0.300 e. The highest BCUT2D eigenvalue weighted by Crippen LogP contribution is 2.43. The van der Waals surface area contributed by atoms with E-state index in [1.807, 2.05) is 0 Å². The number of carbonyl (C=O) groups excluding carboxylic acids is 2. The molecule has 3 aromatic rings. The largest absolute Gasteiger partial charge is 0.507 e. The molecule has 2 aromatic carbocycles.